The molecule has 0 bridgehead atoms. The smallest absolute Gasteiger partial charge is 0.205 e. The van der Waals surface area contributed by atoms with E-state index in [9.17, 15) is 0 Å². The Balaban J connectivity index is 2.51. The lowest BCUT2D eigenvalue weighted by Crippen LogP contribution is -1.79. The van der Waals surface area contributed by atoms with Crippen LogP contribution in [0.15, 0.2) is 22.7 Å². The van der Waals surface area contributed by atoms with Crippen molar-refractivity contribution in [2.45, 2.75) is 6.92 Å². The Labute approximate surface area is 99.2 Å². The Morgan fingerprint density at radius 3 is 2.71 bits per heavy atom. The first-order valence-corrected chi connectivity index (χ1v) is 5.86. The van der Waals surface area contributed by atoms with Crippen LogP contribution in [-0.2, 0) is 0 Å². The monoisotopic (exact) mass is 288 g/mol. The van der Waals surface area contributed by atoms with Crippen LogP contribution in [0.1, 0.15) is 5.56 Å². The fourth-order valence-electron chi connectivity index (χ4n) is 1.18. The SMILES string of the molecule is Cc1cc(Br)cc(-c2nc(Cl)ns2)c1. The zero-order valence-corrected chi connectivity index (χ0v) is 10.4. The maximum atomic E-state index is 5.67. The summed E-state index contributed by atoms with van der Waals surface area (Å²) < 4.78 is 4.97. The summed E-state index contributed by atoms with van der Waals surface area (Å²) in [6.07, 6.45) is 0. The number of benzene rings is 1. The lowest BCUT2D eigenvalue weighted by molar-refractivity contribution is 1.32. The summed E-state index contributed by atoms with van der Waals surface area (Å²) >= 11 is 10.4. The number of halogens is 2. The first-order valence-electron chi connectivity index (χ1n) is 3.92. The van der Waals surface area contributed by atoms with E-state index in [1.807, 2.05) is 19.1 Å². The topological polar surface area (TPSA) is 25.8 Å². The molecule has 0 radical (unpaired) electrons. The molecule has 2 aromatic rings. The van der Waals surface area contributed by atoms with Crippen molar-refractivity contribution < 1.29 is 0 Å². The van der Waals surface area contributed by atoms with Gasteiger partial charge in [0, 0.05) is 10.0 Å². The molecule has 5 heteroatoms. The highest BCUT2D eigenvalue weighted by Gasteiger charge is 2.05. The molecule has 1 heterocycles. The molecule has 0 aliphatic carbocycles. The average Bonchev–Trinajstić information content (AvgIpc) is 2.50. The predicted octanol–water partition coefficient (Wildman–Crippen LogP) is 3.93. The number of hydrogen-bond donors (Lipinski definition) is 0. The van der Waals surface area contributed by atoms with E-state index in [4.69, 9.17) is 11.6 Å². The van der Waals surface area contributed by atoms with Gasteiger partial charge in [-0.1, -0.05) is 15.9 Å². The van der Waals surface area contributed by atoms with Gasteiger partial charge in [0.15, 0.2) is 0 Å². The summed E-state index contributed by atoms with van der Waals surface area (Å²) in [7, 11) is 0. The summed E-state index contributed by atoms with van der Waals surface area (Å²) in [4.78, 5) is 4.12. The third-order valence-electron chi connectivity index (χ3n) is 1.69. The third kappa shape index (κ3) is 2.13. The Kier molecular flexibility index (Phi) is 2.85. The molecule has 0 fully saturated rings. The van der Waals surface area contributed by atoms with E-state index in [2.05, 4.69) is 31.4 Å². The quantitative estimate of drug-likeness (QED) is 0.795. The van der Waals surface area contributed by atoms with Crippen molar-refractivity contribution in [3.63, 3.8) is 0 Å². The van der Waals surface area contributed by atoms with Crippen LogP contribution in [0.2, 0.25) is 5.28 Å². The number of aryl methyl sites for hydroxylation is 1. The molecule has 72 valence electrons. The number of aromatic nitrogens is 2. The van der Waals surface area contributed by atoms with Gasteiger partial charge in [0.2, 0.25) is 5.28 Å². The number of hydrogen-bond acceptors (Lipinski definition) is 3. The van der Waals surface area contributed by atoms with Crippen molar-refractivity contribution in [3.8, 4) is 10.6 Å². The zero-order valence-electron chi connectivity index (χ0n) is 7.29. The van der Waals surface area contributed by atoms with E-state index in [-0.39, 0.29) is 0 Å². The molecule has 14 heavy (non-hydrogen) atoms. The van der Waals surface area contributed by atoms with Gasteiger partial charge in [0.05, 0.1) is 0 Å². The van der Waals surface area contributed by atoms with E-state index in [0.29, 0.717) is 5.28 Å². The van der Waals surface area contributed by atoms with E-state index in [1.54, 1.807) is 0 Å². The maximum Gasteiger partial charge on any atom is 0.234 e. The third-order valence-corrected chi connectivity index (χ3v) is 3.18. The average molecular weight is 290 g/mol. The van der Waals surface area contributed by atoms with E-state index < -0.39 is 0 Å². The van der Waals surface area contributed by atoms with Gasteiger partial charge in [-0.25, -0.2) is 4.98 Å². The van der Waals surface area contributed by atoms with E-state index >= 15 is 0 Å². The van der Waals surface area contributed by atoms with E-state index in [0.717, 1.165) is 15.0 Å². The molecule has 1 aromatic carbocycles. The summed E-state index contributed by atoms with van der Waals surface area (Å²) in [5.41, 5.74) is 2.22. The first kappa shape index (κ1) is 10.1. The summed E-state index contributed by atoms with van der Waals surface area (Å²) in [5.74, 6) is 0. The normalized spacial score (nSPS) is 10.5. The number of nitrogens with zero attached hydrogens (tertiary/aromatic N) is 2. The van der Waals surface area contributed by atoms with Crippen LogP contribution in [-0.4, -0.2) is 9.36 Å². The second-order valence-electron chi connectivity index (χ2n) is 2.89. The fraction of sp³-hybridized carbons (Fsp3) is 0.111. The Morgan fingerprint density at radius 1 is 1.36 bits per heavy atom. The van der Waals surface area contributed by atoms with Crippen molar-refractivity contribution in [2.75, 3.05) is 0 Å². The molecule has 2 nitrogen and oxygen atoms in total. The molecular weight excluding hydrogens is 284 g/mol. The second kappa shape index (κ2) is 3.96. The first-order chi connectivity index (χ1) is 6.65. The van der Waals surface area contributed by atoms with Crippen molar-refractivity contribution in [1.29, 1.82) is 0 Å². The number of rotatable bonds is 1. The van der Waals surface area contributed by atoms with Gasteiger partial charge in [-0.2, -0.15) is 4.37 Å². The molecule has 0 spiro atoms. The molecular formula is C9H6BrClN2S. The van der Waals surface area contributed by atoms with Crippen LogP contribution in [0.5, 0.6) is 0 Å². The van der Waals surface area contributed by atoms with Crippen LogP contribution >= 0.6 is 39.1 Å². The molecule has 0 atom stereocenters. The maximum absolute atomic E-state index is 5.67. The Morgan fingerprint density at radius 2 is 2.14 bits per heavy atom. The van der Waals surface area contributed by atoms with Gasteiger partial charge < -0.3 is 0 Å². The van der Waals surface area contributed by atoms with Gasteiger partial charge in [-0.15, -0.1) is 0 Å². The Hall–Kier alpha value is -0.450. The fourth-order valence-corrected chi connectivity index (χ4v) is 2.58. The van der Waals surface area contributed by atoms with Crippen LogP contribution in [0, 0.1) is 6.92 Å². The molecule has 0 aliphatic rings. The van der Waals surface area contributed by atoms with Gasteiger partial charge in [-0.05, 0) is 53.8 Å². The molecule has 2 rings (SSSR count). The standard InChI is InChI=1S/C9H6BrClN2S/c1-5-2-6(4-7(10)3-5)8-12-9(11)13-14-8/h2-4H,1H3. The van der Waals surface area contributed by atoms with Gasteiger partial charge in [0.25, 0.3) is 0 Å². The largest absolute Gasteiger partial charge is 0.234 e. The minimum atomic E-state index is 0.308. The highest BCUT2D eigenvalue weighted by atomic mass is 79.9. The predicted molar refractivity (Wildman–Crippen MR) is 62.8 cm³/mol. The summed E-state index contributed by atoms with van der Waals surface area (Å²) in [6, 6.07) is 6.11. The van der Waals surface area contributed by atoms with Crippen molar-refractivity contribution in [1.82, 2.24) is 9.36 Å². The van der Waals surface area contributed by atoms with Crippen LogP contribution < -0.4 is 0 Å². The highest BCUT2D eigenvalue weighted by Crippen LogP contribution is 2.27. The lowest BCUT2D eigenvalue weighted by atomic mass is 10.1. The minimum absolute atomic E-state index is 0.308. The molecule has 0 amide bonds. The zero-order chi connectivity index (χ0) is 10.1. The minimum Gasteiger partial charge on any atom is -0.205 e. The molecule has 0 saturated carbocycles. The summed E-state index contributed by atoms with van der Waals surface area (Å²) in [5, 5.41) is 1.15. The van der Waals surface area contributed by atoms with Gasteiger partial charge >= 0.3 is 0 Å². The van der Waals surface area contributed by atoms with Gasteiger partial charge in [0.1, 0.15) is 5.01 Å². The van der Waals surface area contributed by atoms with Crippen LogP contribution in [0.3, 0.4) is 0 Å². The molecule has 0 unspecified atom stereocenters. The van der Waals surface area contributed by atoms with Crippen LogP contribution in [0.4, 0.5) is 0 Å². The van der Waals surface area contributed by atoms with Crippen molar-refractivity contribution in [3.05, 3.63) is 33.5 Å². The molecule has 0 N–H and O–H groups in total. The highest BCUT2D eigenvalue weighted by molar-refractivity contribution is 9.10. The summed E-state index contributed by atoms with van der Waals surface area (Å²) in [6.45, 7) is 2.04. The van der Waals surface area contributed by atoms with E-state index in [1.165, 1.54) is 17.1 Å². The molecule has 0 aliphatic heterocycles. The Bertz CT molecular complexity index is 449. The van der Waals surface area contributed by atoms with Crippen molar-refractivity contribution >= 4 is 39.1 Å². The van der Waals surface area contributed by atoms with Crippen molar-refractivity contribution in [2.24, 2.45) is 0 Å². The second-order valence-corrected chi connectivity index (χ2v) is 4.89. The lowest BCUT2D eigenvalue weighted by Gasteiger charge is -1.99. The van der Waals surface area contributed by atoms with Crippen LogP contribution in [0.25, 0.3) is 10.6 Å². The molecule has 1 aromatic heterocycles. The van der Waals surface area contributed by atoms with Gasteiger partial charge in [-0.3, -0.25) is 0 Å². The molecule has 0 saturated heterocycles.